The van der Waals surface area contributed by atoms with Gasteiger partial charge in [-0.15, -0.1) is 0 Å². The largest absolute Gasteiger partial charge is 0.496 e. The third-order valence-electron chi connectivity index (χ3n) is 3.66. The fourth-order valence-corrected chi connectivity index (χ4v) is 2.61. The SMILES string of the molecule is COc1ccc(Cl)cc1CC1(CN)CCC1. The molecular formula is C13H18ClNO. The molecule has 1 aromatic rings. The second-order valence-corrected chi connectivity index (χ2v) is 5.13. The van der Waals surface area contributed by atoms with Crippen LogP contribution in [0.25, 0.3) is 0 Å². The number of benzene rings is 1. The molecule has 0 unspecified atom stereocenters. The topological polar surface area (TPSA) is 35.2 Å². The van der Waals surface area contributed by atoms with E-state index in [4.69, 9.17) is 22.1 Å². The molecule has 0 aliphatic heterocycles. The molecule has 0 amide bonds. The van der Waals surface area contributed by atoms with Crippen LogP contribution in [0.15, 0.2) is 18.2 Å². The fraction of sp³-hybridized carbons (Fsp3) is 0.538. The molecule has 88 valence electrons. The molecule has 2 nitrogen and oxygen atoms in total. The quantitative estimate of drug-likeness (QED) is 0.877. The average Bonchev–Trinajstić information content (AvgIpc) is 2.24. The Labute approximate surface area is 102 Å². The van der Waals surface area contributed by atoms with Gasteiger partial charge in [-0.25, -0.2) is 0 Å². The molecule has 0 radical (unpaired) electrons. The van der Waals surface area contributed by atoms with Crippen LogP contribution < -0.4 is 10.5 Å². The Hall–Kier alpha value is -0.730. The van der Waals surface area contributed by atoms with Crippen molar-refractivity contribution in [3.8, 4) is 5.75 Å². The predicted octanol–water partition coefficient (Wildman–Crippen LogP) is 3.02. The lowest BCUT2D eigenvalue weighted by Crippen LogP contribution is -2.39. The van der Waals surface area contributed by atoms with E-state index in [-0.39, 0.29) is 5.41 Å². The van der Waals surface area contributed by atoms with Crippen LogP contribution in [0.3, 0.4) is 0 Å². The Kier molecular flexibility index (Phi) is 3.41. The third-order valence-corrected chi connectivity index (χ3v) is 3.89. The lowest BCUT2D eigenvalue weighted by Gasteiger charge is -2.41. The lowest BCUT2D eigenvalue weighted by atomic mass is 9.65. The highest BCUT2D eigenvalue weighted by Gasteiger charge is 2.36. The lowest BCUT2D eigenvalue weighted by molar-refractivity contribution is 0.143. The molecule has 1 aliphatic carbocycles. The Morgan fingerprint density at radius 3 is 2.69 bits per heavy atom. The maximum absolute atomic E-state index is 6.02. The second kappa shape index (κ2) is 4.64. The molecule has 1 saturated carbocycles. The number of nitrogens with two attached hydrogens (primary N) is 1. The van der Waals surface area contributed by atoms with Crippen LogP contribution in [0, 0.1) is 5.41 Å². The van der Waals surface area contributed by atoms with Gasteiger partial charge in [0, 0.05) is 5.02 Å². The fourth-order valence-electron chi connectivity index (χ4n) is 2.42. The van der Waals surface area contributed by atoms with E-state index < -0.39 is 0 Å². The van der Waals surface area contributed by atoms with Crippen molar-refractivity contribution >= 4 is 11.6 Å². The van der Waals surface area contributed by atoms with E-state index in [1.807, 2.05) is 18.2 Å². The van der Waals surface area contributed by atoms with Crippen molar-refractivity contribution in [1.82, 2.24) is 0 Å². The molecule has 0 bridgehead atoms. The molecule has 16 heavy (non-hydrogen) atoms. The highest BCUT2D eigenvalue weighted by Crippen LogP contribution is 2.44. The van der Waals surface area contributed by atoms with Gasteiger partial charge in [-0.3, -0.25) is 0 Å². The Balaban J connectivity index is 2.22. The van der Waals surface area contributed by atoms with Gasteiger partial charge in [0.25, 0.3) is 0 Å². The molecule has 1 fully saturated rings. The monoisotopic (exact) mass is 239 g/mol. The summed E-state index contributed by atoms with van der Waals surface area (Å²) in [5, 5.41) is 0.766. The summed E-state index contributed by atoms with van der Waals surface area (Å²) in [5.41, 5.74) is 7.34. The molecule has 0 spiro atoms. The first-order valence-corrected chi connectivity index (χ1v) is 6.09. The van der Waals surface area contributed by atoms with Crippen LogP contribution in [0.5, 0.6) is 5.75 Å². The number of ether oxygens (including phenoxy) is 1. The highest BCUT2D eigenvalue weighted by atomic mass is 35.5. The number of rotatable bonds is 4. The molecule has 0 atom stereocenters. The molecule has 0 saturated heterocycles. The summed E-state index contributed by atoms with van der Waals surface area (Å²) >= 11 is 6.02. The van der Waals surface area contributed by atoms with Gasteiger partial charge in [-0.05, 0) is 55.0 Å². The normalized spacial score (nSPS) is 17.9. The van der Waals surface area contributed by atoms with Gasteiger partial charge in [0.2, 0.25) is 0 Å². The van der Waals surface area contributed by atoms with Crippen LogP contribution in [0.2, 0.25) is 5.02 Å². The molecule has 1 aliphatic rings. The molecule has 3 heteroatoms. The van der Waals surface area contributed by atoms with Gasteiger partial charge in [0.1, 0.15) is 5.75 Å². The summed E-state index contributed by atoms with van der Waals surface area (Å²) in [5.74, 6) is 0.920. The Bertz CT molecular complexity index is 369. The van der Waals surface area contributed by atoms with Gasteiger partial charge in [-0.2, -0.15) is 0 Å². The molecule has 2 rings (SSSR count). The minimum Gasteiger partial charge on any atom is -0.496 e. The van der Waals surface area contributed by atoms with Crippen molar-refractivity contribution in [2.75, 3.05) is 13.7 Å². The van der Waals surface area contributed by atoms with E-state index in [0.29, 0.717) is 0 Å². The van der Waals surface area contributed by atoms with Crippen molar-refractivity contribution in [1.29, 1.82) is 0 Å². The van der Waals surface area contributed by atoms with Crippen molar-refractivity contribution in [2.24, 2.45) is 11.1 Å². The summed E-state index contributed by atoms with van der Waals surface area (Å²) in [6.07, 6.45) is 4.71. The maximum Gasteiger partial charge on any atom is 0.122 e. The average molecular weight is 240 g/mol. The first-order valence-electron chi connectivity index (χ1n) is 5.72. The predicted molar refractivity (Wildman–Crippen MR) is 67.0 cm³/mol. The standard InChI is InChI=1S/C13H18ClNO/c1-16-12-4-3-11(14)7-10(12)8-13(9-15)5-2-6-13/h3-4,7H,2,5-6,8-9,15H2,1H3. The molecule has 0 aromatic heterocycles. The van der Waals surface area contributed by atoms with E-state index in [1.54, 1.807) is 7.11 Å². The zero-order valence-corrected chi connectivity index (χ0v) is 10.4. The van der Waals surface area contributed by atoms with E-state index in [1.165, 1.54) is 24.8 Å². The minimum absolute atomic E-state index is 0.290. The van der Waals surface area contributed by atoms with Crippen molar-refractivity contribution < 1.29 is 4.74 Å². The van der Waals surface area contributed by atoms with Gasteiger partial charge in [0.15, 0.2) is 0 Å². The van der Waals surface area contributed by atoms with E-state index in [0.717, 1.165) is 23.7 Å². The van der Waals surface area contributed by atoms with E-state index >= 15 is 0 Å². The Morgan fingerprint density at radius 2 is 2.19 bits per heavy atom. The van der Waals surface area contributed by atoms with Gasteiger partial charge < -0.3 is 10.5 Å². The highest BCUT2D eigenvalue weighted by molar-refractivity contribution is 6.30. The zero-order chi connectivity index (χ0) is 11.6. The number of methoxy groups -OCH3 is 1. The van der Waals surface area contributed by atoms with E-state index in [2.05, 4.69) is 0 Å². The van der Waals surface area contributed by atoms with Crippen LogP contribution in [-0.2, 0) is 6.42 Å². The molecule has 1 aromatic carbocycles. The summed E-state index contributed by atoms with van der Waals surface area (Å²) in [4.78, 5) is 0. The van der Waals surface area contributed by atoms with Crippen LogP contribution >= 0.6 is 11.6 Å². The van der Waals surface area contributed by atoms with Gasteiger partial charge in [0.05, 0.1) is 7.11 Å². The summed E-state index contributed by atoms with van der Waals surface area (Å²) in [6.45, 7) is 0.753. The molecule has 0 heterocycles. The van der Waals surface area contributed by atoms with Gasteiger partial charge >= 0.3 is 0 Å². The smallest absolute Gasteiger partial charge is 0.122 e. The maximum atomic E-state index is 6.02. The first-order chi connectivity index (χ1) is 7.69. The van der Waals surface area contributed by atoms with Crippen molar-refractivity contribution in [3.63, 3.8) is 0 Å². The minimum atomic E-state index is 0.290. The van der Waals surface area contributed by atoms with Crippen LogP contribution in [0.4, 0.5) is 0 Å². The first kappa shape index (κ1) is 11.7. The number of halogens is 1. The van der Waals surface area contributed by atoms with Crippen molar-refractivity contribution in [2.45, 2.75) is 25.7 Å². The number of hydrogen-bond acceptors (Lipinski definition) is 2. The Morgan fingerprint density at radius 1 is 1.44 bits per heavy atom. The van der Waals surface area contributed by atoms with Gasteiger partial charge in [-0.1, -0.05) is 18.0 Å². The summed E-state index contributed by atoms with van der Waals surface area (Å²) in [6, 6.07) is 5.79. The number of hydrogen-bond donors (Lipinski definition) is 1. The van der Waals surface area contributed by atoms with Crippen LogP contribution in [-0.4, -0.2) is 13.7 Å². The second-order valence-electron chi connectivity index (χ2n) is 4.69. The summed E-state index contributed by atoms with van der Waals surface area (Å²) in [7, 11) is 1.70. The molecule has 2 N–H and O–H groups in total. The third kappa shape index (κ3) is 2.18. The van der Waals surface area contributed by atoms with Crippen molar-refractivity contribution in [3.05, 3.63) is 28.8 Å². The summed E-state index contributed by atoms with van der Waals surface area (Å²) < 4.78 is 5.36. The van der Waals surface area contributed by atoms with E-state index in [9.17, 15) is 0 Å². The van der Waals surface area contributed by atoms with Crippen LogP contribution in [0.1, 0.15) is 24.8 Å². The zero-order valence-electron chi connectivity index (χ0n) is 9.63. The molecular weight excluding hydrogens is 222 g/mol.